The maximum atomic E-state index is 5.40. The van der Waals surface area contributed by atoms with Crippen molar-refractivity contribution in [3.8, 4) is 0 Å². The molecule has 0 amide bonds. The third-order valence-corrected chi connectivity index (χ3v) is 2.10. The van der Waals surface area contributed by atoms with E-state index >= 15 is 0 Å². The van der Waals surface area contributed by atoms with Crippen LogP contribution < -0.4 is 0 Å². The Bertz CT molecular complexity index is 93.6. The standard InChI is InChI=1S/C7H13BrO2/c1-2-3-7(8)10-5-6-4-9-6/h6-7H,2-5H2,1H3. The van der Waals surface area contributed by atoms with Crippen LogP contribution in [0.5, 0.6) is 0 Å². The summed E-state index contributed by atoms with van der Waals surface area (Å²) >= 11 is 3.42. The number of epoxide rings is 1. The lowest BCUT2D eigenvalue weighted by molar-refractivity contribution is 0.0957. The molecule has 2 nitrogen and oxygen atoms in total. The molecule has 0 aromatic rings. The van der Waals surface area contributed by atoms with Crippen LogP contribution in [0.2, 0.25) is 0 Å². The normalized spacial score (nSPS) is 26.4. The van der Waals surface area contributed by atoms with E-state index in [1.807, 2.05) is 0 Å². The van der Waals surface area contributed by atoms with Crippen LogP contribution in [-0.4, -0.2) is 24.3 Å². The summed E-state index contributed by atoms with van der Waals surface area (Å²) < 4.78 is 10.4. The average Bonchev–Trinajstić information content (AvgIpc) is 2.67. The Morgan fingerprint density at radius 3 is 3.00 bits per heavy atom. The summed E-state index contributed by atoms with van der Waals surface area (Å²) in [5.41, 5.74) is 0. The Balaban J connectivity index is 1.89. The maximum absolute atomic E-state index is 5.40. The van der Waals surface area contributed by atoms with Gasteiger partial charge in [0.05, 0.1) is 13.2 Å². The molecule has 0 aliphatic carbocycles. The molecule has 1 aliphatic rings. The van der Waals surface area contributed by atoms with E-state index < -0.39 is 0 Å². The third kappa shape index (κ3) is 3.54. The van der Waals surface area contributed by atoms with Crippen molar-refractivity contribution in [1.82, 2.24) is 0 Å². The van der Waals surface area contributed by atoms with E-state index in [0.29, 0.717) is 6.10 Å². The number of hydrogen-bond donors (Lipinski definition) is 0. The summed E-state index contributed by atoms with van der Waals surface area (Å²) in [5, 5.41) is 0.224. The predicted octanol–water partition coefficient (Wildman–Crippen LogP) is 1.92. The number of ether oxygens (including phenoxy) is 2. The highest BCUT2D eigenvalue weighted by Crippen LogP contribution is 2.14. The Hall–Kier alpha value is 0.400. The van der Waals surface area contributed by atoms with E-state index in [0.717, 1.165) is 26.1 Å². The number of rotatable bonds is 5. The number of hydrogen-bond acceptors (Lipinski definition) is 2. The molecule has 1 rings (SSSR count). The van der Waals surface area contributed by atoms with Crippen LogP contribution in [0.3, 0.4) is 0 Å². The number of halogens is 1. The van der Waals surface area contributed by atoms with Crippen molar-refractivity contribution in [2.24, 2.45) is 0 Å². The smallest absolute Gasteiger partial charge is 0.112 e. The minimum atomic E-state index is 0.224. The molecule has 1 heterocycles. The second kappa shape index (κ2) is 4.31. The van der Waals surface area contributed by atoms with E-state index in [4.69, 9.17) is 9.47 Å². The first-order chi connectivity index (χ1) is 4.83. The Labute approximate surface area is 70.0 Å². The zero-order valence-corrected chi connectivity index (χ0v) is 7.76. The monoisotopic (exact) mass is 208 g/mol. The molecule has 0 radical (unpaired) electrons. The third-order valence-electron chi connectivity index (χ3n) is 1.38. The minimum Gasteiger partial charge on any atom is -0.371 e. The largest absolute Gasteiger partial charge is 0.371 e. The molecule has 2 unspecified atom stereocenters. The first-order valence-electron chi connectivity index (χ1n) is 3.70. The van der Waals surface area contributed by atoms with Gasteiger partial charge in [-0.25, -0.2) is 0 Å². The summed E-state index contributed by atoms with van der Waals surface area (Å²) in [6, 6.07) is 0. The van der Waals surface area contributed by atoms with Crippen molar-refractivity contribution in [2.75, 3.05) is 13.2 Å². The van der Waals surface area contributed by atoms with Crippen molar-refractivity contribution in [2.45, 2.75) is 30.9 Å². The van der Waals surface area contributed by atoms with Gasteiger partial charge in [-0.05, 0) is 6.42 Å². The molecule has 0 N–H and O–H groups in total. The van der Waals surface area contributed by atoms with Gasteiger partial charge in [-0.2, -0.15) is 0 Å². The lowest BCUT2D eigenvalue weighted by Gasteiger charge is -2.07. The lowest BCUT2D eigenvalue weighted by atomic mass is 10.4. The highest BCUT2D eigenvalue weighted by Gasteiger charge is 2.23. The predicted molar refractivity (Wildman–Crippen MR) is 43.3 cm³/mol. The maximum Gasteiger partial charge on any atom is 0.112 e. The second-order valence-electron chi connectivity index (χ2n) is 2.49. The van der Waals surface area contributed by atoms with Crippen LogP contribution in [0, 0.1) is 0 Å². The summed E-state index contributed by atoms with van der Waals surface area (Å²) in [5.74, 6) is 0. The molecule has 60 valence electrons. The van der Waals surface area contributed by atoms with Gasteiger partial charge in [0.25, 0.3) is 0 Å². The van der Waals surface area contributed by atoms with Gasteiger partial charge in [0.2, 0.25) is 0 Å². The van der Waals surface area contributed by atoms with E-state index in [2.05, 4.69) is 22.9 Å². The van der Waals surface area contributed by atoms with E-state index in [9.17, 15) is 0 Å². The van der Waals surface area contributed by atoms with Crippen LogP contribution in [0.15, 0.2) is 0 Å². The summed E-state index contributed by atoms with van der Waals surface area (Å²) in [6.45, 7) is 3.77. The molecule has 2 atom stereocenters. The second-order valence-corrected chi connectivity index (χ2v) is 3.51. The van der Waals surface area contributed by atoms with Gasteiger partial charge in [-0.15, -0.1) is 0 Å². The van der Waals surface area contributed by atoms with Crippen molar-refractivity contribution < 1.29 is 9.47 Å². The fraction of sp³-hybridized carbons (Fsp3) is 1.00. The van der Waals surface area contributed by atoms with E-state index in [1.54, 1.807) is 0 Å². The minimum absolute atomic E-state index is 0.224. The van der Waals surface area contributed by atoms with E-state index in [1.165, 1.54) is 0 Å². The van der Waals surface area contributed by atoms with Gasteiger partial charge in [-0.1, -0.05) is 29.3 Å². The van der Waals surface area contributed by atoms with Gasteiger partial charge in [-0.3, -0.25) is 0 Å². The van der Waals surface area contributed by atoms with Crippen LogP contribution in [0.4, 0.5) is 0 Å². The van der Waals surface area contributed by atoms with Crippen molar-refractivity contribution in [1.29, 1.82) is 0 Å². The fourth-order valence-electron chi connectivity index (χ4n) is 0.686. The molecule has 0 spiro atoms. The molecule has 0 bridgehead atoms. The highest BCUT2D eigenvalue weighted by atomic mass is 79.9. The van der Waals surface area contributed by atoms with Gasteiger partial charge >= 0.3 is 0 Å². The number of alkyl halides is 1. The van der Waals surface area contributed by atoms with Gasteiger partial charge in [0, 0.05) is 0 Å². The molecule has 0 aromatic heterocycles. The van der Waals surface area contributed by atoms with Gasteiger partial charge in [0.1, 0.15) is 11.1 Å². The highest BCUT2D eigenvalue weighted by molar-refractivity contribution is 9.09. The van der Waals surface area contributed by atoms with Gasteiger partial charge in [0.15, 0.2) is 0 Å². The Morgan fingerprint density at radius 1 is 1.80 bits per heavy atom. The molecule has 10 heavy (non-hydrogen) atoms. The van der Waals surface area contributed by atoms with Gasteiger partial charge < -0.3 is 9.47 Å². The van der Waals surface area contributed by atoms with Crippen LogP contribution in [0.25, 0.3) is 0 Å². The summed E-state index contributed by atoms with van der Waals surface area (Å²) in [4.78, 5) is 0. The summed E-state index contributed by atoms with van der Waals surface area (Å²) in [7, 11) is 0. The quantitative estimate of drug-likeness (QED) is 0.509. The zero-order chi connectivity index (χ0) is 7.40. The zero-order valence-electron chi connectivity index (χ0n) is 6.18. The van der Waals surface area contributed by atoms with Crippen LogP contribution in [0.1, 0.15) is 19.8 Å². The molecular formula is C7H13BrO2. The first-order valence-corrected chi connectivity index (χ1v) is 4.61. The molecule has 0 saturated carbocycles. The average molecular weight is 209 g/mol. The van der Waals surface area contributed by atoms with Crippen molar-refractivity contribution in [3.05, 3.63) is 0 Å². The summed E-state index contributed by atoms with van der Waals surface area (Å²) in [6.07, 6.45) is 2.62. The molecule has 1 fully saturated rings. The molecular weight excluding hydrogens is 196 g/mol. The Morgan fingerprint density at radius 2 is 2.50 bits per heavy atom. The molecule has 1 saturated heterocycles. The first kappa shape index (κ1) is 8.50. The molecule has 3 heteroatoms. The Kier molecular flexibility index (Phi) is 3.66. The lowest BCUT2D eigenvalue weighted by Crippen LogP contribution is -2.08. The molecule has 1 aliphatic heterocycles. The van der Waals surface area contributed by atoms with Crippen LogP contribution >= 0.6 is 15.9 Å². The van der Waals surface area contributed by atoms with E-state index in [-0.39, 0.29) is 5.01 Å². The van der Waals surface area contributed by atoms with Crippen LogP contribution in [-0.2, 0) is 9.47 Å². The topological polar surface area (TPSA) is 21.8 Å². The SMILES string of the molecule is CCCC(Br)OCC1CO1. The van der Waals surface area contributed by atoms with Crippen molar-refractivity contribution in [3.63, 3.8) is 0 Å². The molecule has 0 aromatic carbocycles. The fourth-order valence-corrected chi connectivity index (χ4v) is 1.30. The van der Waals surface area contributed by atoms with Crippen molar-refractivity contribution >= 4 is 15.9 Å².